The summed E-state index contributed by atoms with van der Waals surface area (Å²) in [5.41, 5.74) is 11.7. The molecular formula is C44H42N6O. The van der Waals surface area contributed by atoms with Gasteiger partial charge in [-0.15, -0.1) is 0 Å². The number of hydrogen-bond acceptors (Lipinski definition) is 7. The molecule has 0 spiro atoms. The van der Waals surface area contributed by atoms with Gasteiger partial charge in [0.25, 0.3) is 0 Å². The minimum absolute atomic E-state index is 0.112. The number of benzene rings is 4. The van der Waals surface area contributed by atoms with E-state index >= 15 is 0 Å². The molecule has 0 saturated carbocycles. The number of para-hydroxylation sites is 2. The Hall–Kier alpha value is -5.56. The van der Waals surface area contributed by atoms with Crippen molar-refractivity contribution in [3.8, 4) is 0 Å². The van der Waals surface area contributed by atoms with Crippen LogP contribution in [0.5, 0.6) is 0 Å². The van der Waals surface area contributed by atoms with E-state index in [1.54, 1.807) is 0 Å². The molecule has 254 valence electrons. The van der Waals surface area contributed by atoms with Gasteiger partial charge in [-0.2, -0.15) is 0 Å². The largest absolute Gasteiger partial charge is 0.454 e. The zero-order valence-corrected chi connectivity index (χ0v) is 29.7. The highest BCUT2D eigenvalue weighted by molar-refractivity contribution is 6.11. The first-order chi connectivity index (χ1) is 25.1. The second-order valence-corrected chi connectivity index (χ2v) is 14.4. The molecule has 0 saturated heterocycles. The Morgan fingerprint density at radius 3 is 2.29 bits per heavy atom. The Morgan fingerprint density at radius 1 is 0.765 bits per heavy atom. The van der Waals surface area contributed by atoms with E-state index in [4.69, 9.17) is 14.4 Å². The van der Waals surface area contributed by atoms with E-state index in [2.05, 4.69) is 145 Å². The van der Waals surface area contributed by atoms with Crippen molar-refractivity contribution in [2.75, 3.05) is 21.7 Å². The normalized spacial score (nSPS) is 19.6. The number of hydrogen-bond donors (Lipinski definition) is 0. The summed E-state index contributed by atoms with van der Waals surface area (Å²) in [5, 5.41) is 2.35. The summed E-state index contributed by atoms with van der Waals surface area (Å²) in [6.45, 7) is 6.99. The molecule has 0 amide bonds. The Morgan fingerprint density at radius 2 is 1.51 bits per heavy atom. The molecule has 2 unspecified atom stereocenters. The lowest BCUT2D eigenvalue weighted by atomic mass is 9.64. The van der Waals surface area contributed by atoms with Gasteiger partial charge in [-0.25, -0.2) is 9.97 Å². The summed E-state index contributed by atoms with van der Waals surface area (Å²) in [5.74, 6) is 1.75. The Kier molecular flexibility index (Phi) is 6.66. The van der Waals surface area contributed by atoms with Crippen LogP contribution < -0.4 is 14.7 Å². The number of aryl methyl sites for hydroxylation is 1. The maximum atomic E-state index is 7.05. The van der Waals surface area contributed by atoms with Crippen molar-refractivity contribution in [1.82, 2.24) is 14.9 Å². The molecule has 0 N–H and O–H groups in total. The predicted octanol–water partition coefficient (Wildman–Crippen LogP) is 10.4. The first-order valence-corrected chi connectivity index (χ1v) is 18.5. The monoisotopic (exact) mass is 670 g/mol. The molecule has 0 fully saturated rings. The lowest BCUT2D eigenvalue weighted by Gasteiger charge is -2.47. The van der Waals surface area contributed by atoms with Gasteiger partial charge < -0.3 is 14.2 Å². The van der Waals surface area contributed by atoms with Crippen molar-refractivity contribution < 1.29 is 4.42 Å². The number of anilines is 5. The number of unbranched alkanes of at least 4 members (excludes halogenated alkanes) is 1. The lowest BCUT2D eigenvalue weighted by molar-refractivity contribution is 0.385. The van der Waals surface area contributed by atoms with Crippen LogP contribution >= 0.6 is 0 Å². The van der Waals surface area contributed by atoms with Crippen molar-refractivity contribution in [1.29, 1.82) is 0 Å². The molecule has 0 bridgehead atoms. The van der Waals surface area contributed by atoms with Crippen molar-refractivity contribution >= 4 is 56.2 Å². The Labute approximate surface area is 299 Å². The molecule has 0 radical (unpaired) electrons. The van der Waals surface area contributed by atoms with Gasteiger partial charge in [0.05, 0.1) is 11.4 Å². The molecular weight excluding hydrogens is 629 g/mol. The number of rotatable bonds is 6. The van der Waals surface area contributed by atoms with Gasteiger partial charge in [-0.3, -0.25) is 9.80 Å². The third-order valence-corrected chi connectivity index (χ3v) is 12.0. The van der Waals surface area contributed by atoms with Gasteiger partial charge in [-0.05, 0) is 66.6 Å². The average molecular weight is 671 g/mol. The van der Waals surface area contributed by atoms with Crippen LogP contribution in [0.3, 0.4) is 0 Å². The van der Waals surface area contributed by atoms with Gasteiger partial charge in [0.2, 0.25) is 0 Å². The average Bonchev–Trinajstić information content (AvgIpc) is 3.83. The van der Waals surface area contributed by atoms with E-state index in [-0.39, 0.29) is 17.7 Å². The van der Waals surface area contributed by atoms with Crippen LogP contribution in [0.25, 0.3) is 27.5 Å². The molecule has 51 heavy (non-hydrogen) atoms. The first-order valence-electron chi connectivity index (χ1n) is 18.5. The molecule has 7 nitrogen and oxygen atoms in total. The van der Waals surface area contributed by atoms with Crippen LogP contribution in [0, 0.1) is 0 Å². The van der Waals surface area contributed by atoms with E-state index < -0.39 is 0 Å². The fourth-order valence-electron chi connectivity index (χ4n) is 9.63. The van der Waals surface area contributed by atoms with E-state index in [0.29, 0.717) is 0 Å². The molecule has 2 aromatic heterocycles. The number of likely N-dealkylation sites (N-methyl/N-ethyl adjacent to an activating group) is 1. The van der Waals surface area contributed by atoms with E-state index in [1.165, 1.54) is 62.8 Å². The minimum Gasteiger partial charge on any atom is -0.454 e. The van der Waals surface area contributed by atoms with Crippen LogP contribution in [-0.4, -0.2) is 34.2 Å². The van der Waals surface area contributed by atoms with E-state index in [9.17, 15) is 0 Å². The van der Waals surface area contributed by atoms with Crippen molar-refractivity contribution in [3.05, 3.63) is 132 Å². The maximum Gasteiger partial charge on any atom is 0.178 e. The molecule has 4 aliphatic heterocycles. The zero-order chi connectivity index (χ0) is 34.4. The summed E-state index contributed by atoms with van der Waals surface area (Å²) in [6, 6.07) is 31.3. The number of aromatic nitrogens is 2. The number of fused-ring (bicyclic) bond motifs is 15. The predicted molar refractivity (Wildman–Crippen MR) is 208 cm³/mol. The molecule has 10 rings (SSSR count). The Bertz CT molecular complexity index is 2390. The van der Waals surface area contributed by atoms with Crippen molar-refractivity contribution in [2.24, 2.45) is 0 Å². The summed E-state index contributed by atoms with van der Waals surface area (Å²) in [7, 11) is 2.21. The van der Waals surface area contributed by atoms with Crippen LogP contribution in [0.2, 0.25) is 0 Å². The van der Waals surface area contributed by atoms with Crippen LogP contribution in [0.15, 0.2) is 120 Å². The van der Waals surface area contributed by atoms with Crippen molar-refractivity contribution in [2.45, 2.75) is 70.6 Å². The van der Waals surface area contributed by atoms with Gasteiger partial charge in [-0.1, -0.05) is 87.9 Å². The highest BCUT2D eigenvalue weighted by Gasteiger charge is 2.56. The molecule has 6 aromatic rings. The van der Waals surface area contributed by atoms with Gasteiger partial charge >= 0.3 is 0 Å². The molecule has 2 atom stereocenters. The van der Waals surface area contributed by atoms with Crippen molar-refractivity contribution in [3.63, 3.8) is 0 Å². The maximum absolute atomic E-state index is 7.05. The number of nitrogens with zero attached hydrogens (tertiary/aromatic N) is 6. The summed E-state index contributed by atoms with van der Waals surface area (Å²) in [4.78, 5) is 19.8. The number of allylic oxidation sites excluding steroid dienone is 1. The highest BCUT2D eigenvalue weighted by Crippen LogP contribution is 2.62. The Balaban J connectivity index is 1.30. The standard InChI is InChI=1S/C44H42N6O/c1-5-8-14-28-19-20-30-31-21-22-33-38(39(31)51-35(30)27-28)48-26-25-47(4)42(48)36-37(44(33,6-2)7-3)32-17-12-13-18-34(32)50-41-40(45-23-24-46-41)49(43(36)50)29-15-10-9-11-16-29/h9-13,15-27,42-43H,5-8,14H2,1-4H3. The first kappa shape index (κ1) is 30.3. The zero-order valence-electron chi connectivity index (χ0n) is 29.7. The fraction of sp³-hybridized carbons (Fsp3) is 0.273. The summed E-state index contributed by atoms with van der Waals surface area (Å²) in [6.07, 6.45) is 13.1. The van der Waals surface area contributed by atoms with Crippen LogP contribution in [0.1, 0.15) is 63.1 Å². The van der Waals surface area contributed by atoms with E-state index in [0.717, 1.165) is 47.8 Å². The minimum atomic E-state index is -0.302. The molecule has 6 heterocycles. The third-order valence-electron chi connectivity index (χ3n) is 12.0. The second kappa shape index (κ2) is 11.2. The van der Waals surface area contributed by atoms with E-state index in [1.807, 2.05) is 12.4 Å². The topological polar surface area (TPSA) is 51.9 Å². The summed E-state index contributed by atoms with van der Waals surface area (Å²) < 4.78 is 7.05. The molecule has 7 heteroatoms. The summed E-state index contributed by atoms with van der Waals surface area (Å²) >= 11 is 0. The smallest absolute Gasteiger partial charge is 0.178 e. The van der Waals surface area contributed by atoms with Gasteiger partial charge in [0.15, 0.2) is 17.2 Å². The third kappa shape index (κ3) is 4.00. The number of furan rings is 1. The second-order valence-electron chi connectivity index (χ2n) is 14.4. The molecule has 0 aliphatic carbocycles. The van der Waals surface area contributed by atoms with Crippen LogP contribution in [0.4, 0.5) is 28.7 Å². The molecule has 4 aromatic carbocycles. The SMILES string of the molecule is CCCCc1ccc2c(c1)oc1c3c(ccc12)C(CC)(CC)C1=C(C2N(C)C=CN32)C2N(c3ccccc3)c3nccnc3N2c2ccccc21. The highest BCUT2D eigenvalue weighted by atomic mass is 16.3. The molecule has 4 aliphatic rings. The fourth-order valence-corrected chi connectivity index (χ4v) is 9.63. The van der Waals surface area contributed by atoms with Crippen LogP contribution in [-0.2, 0) is 11.8 Å². The van der Waals surface area contributed by atoms with Gasteiger partial charge in [0, 0.05) is 64.9 Å². The van der Waals surface area contributed by atoms with Gasteiger partial charge in [0.1, 0.15) is 17.9 Å². The quantitative estimate of drug-likeness (QED) is 0.175. The lowest BCUT2D eigenvalue weighted by Crippen LogP contribution is -2.52.